The highest BCUT2D eigenvalue weighted by Gasteiger charge is 2.34. The zero-order valence-electron chi connectivity index (χ0n) is 18.8. The number of amides is 2. The number of ether oxygens (including phenoxy) is 1. The van der Waals surface area contributed by atoms with Gasteiger partial charge in [-0.1, -0.05) is 24.0 Å². The van der Waals surface area contributed by atoms with E-state index < -0.39 is 12.1 Å². The van der Waals surface area contributed by atoms with E-state index in [4.69, 9.17) is 4.74 Å². The smallest absolute Gasteiger partial charge is 0.341 e. The van der Waals surface area contributed by atoms with Gasteiger partial charge in [0.25, 0.3) is 6.47 Å². The Bertz CT molecular complexity index is 1450. The number of hydrogen-bond donors (Lipinski definition) is 1. The van der Waals surface area contributed by atoms with Gasteiger partial charge >= 0.3 is 6.03 Å². The highest BCUT2D eigenvalue weighted by atomic mass is 16.5. The van der Waals surface area contributed by atoms with E-state index >= 15 is 0 Å². The molecule has 1 aliphatic rings. The fourth-order valence-corrected chi connectivity index (χ4v) is 3.06. The van der Waals surface area contributed by atoms with E-state index in [1.165, 1.54) is 0 Å². The number of urea groups is 1. The summed E-state index contributed by atoms with van der Waals surface area (Å²) in [4.78, 5) is 26.8. The molecule has 0 spiro atoms. The molecule has 34 heavy (non-hydrogen) atoms. The number of nitrogens with zero attached hydrogens (tertiary/aromatic N) is 1. The maximum atomic E-state index is 12.1. The van der Waals surface area contributed by atoms with Gasteiger partial charge in [-0.3, -0.25) is 4.79 Å². The van der Waals surface area contributed by atoms with Crippen molar-refractivity contribution in [3.8, 4) is 82.9 Å². The van der Waals surface area contributed by atoms with Crippen molar-refractivity contribution in [2.45, 2.75) is 26.8 Å². The van der Waals surface area contributed by atoms with E-state index in [9.17, 15) is 9.59 Å². The lowest BCUT2D eigenvalue weighted by atomic mass is 9.84. The lowest BCUT2D eigenvalue weighted by Gasteiger charge is -2.32. The first-order chi connectivity index (χ1) is 16.6. The molecule has 0 aliphatic carbocycles. The molecule has 162 valence electrons. The molecule has 2 unspecified atom stereocenters. The van der Waals surface area contributed by atoms with Gasteiger partial charge in [-0.2, -0.15) is 0 Å². The van der Waals surface area contributed by atoms with E-state index in [-0.39, 0.29) is 12.5 Å². The molecule has 1 N–H and O–H groups in total. The summed E-state index contributed by atoms with van der Waals surface area (Å²) in [5, 5.41) is 2.86. The first kappa shape index (κ1) is 25.0. The minimum Gasteiger partial charge on any atom is -0.467 e. The maximum absolute atomic E-state index is 12.1. The van der Waals surface area contributed by atoms with Gasteiger partial charge in [0.1, 0.15) is 6.61 Å². The SMILES string of the molecule is CC#CC#CC#CC#CC#CC#CC#Cc1cccc(C)c1C1NC(=O)N=C(C)C1COC=O. The van der Waals surface area contributed by atoms with Crippen LogP contribution in [0.25, 0.3) is 0 Å². The Morgan fingerprint density at radius 3 is 2.12 bits per heavy atom. The Hall–Kier alpha value is -5.25. The summed E-state index contributed by atoms with van der Waals surface area (Å²) in [6, 6.07) is 4.74. The number of carbonyl (C=O) groups excluding carboxylic acids is 2. The number of rotatable bonds is 4. The molecule has 0 radical (unpaired) electrons. The average molecular weight is 442 g/mol. The molecule has 1 heterocycles. The number of carbonyl (C=O) groups is 2. The summed E-state index contributed by atoms with van der Waals surface area (Å²) in [6.07, 6.45) is 0. The number of hydrogen-bond acceptors (Lipinski definition) is 3. The Balaban J connectivity index is 2.23. The van der Waals surface area contributed by atoms with Crippen molar-refractivity contribution in [1.82, 2.24) is 5.32 Å². The summed E-state index contributed by atoms with van der Waals surface area (Å²) < 4.78 is 4.97. The quantitative estimate of drug-likeness (QED) is 0.575. The van der Waals surface area contributed by atoms with Gasteiger partial charge in [0.05, 0.1) is 12.0 Å². The van der Waals surface area contributed by atoms with Crippen molar-refractivity contribution in [1.29, 1.82) is 0 Å². The predicted molar refractivity (Wildman–Crippen MR) is 130 cm³/mol. The van der Waals surface area contributed by atoms with Crippen molar-refractivity contribution in [2.24, 2.45) is 10.9 Å². The van der Waals surface area contributed by atoms with Crippen molar-refractivity contribution in [3.05, 3.63) is 34.9 Å². The molecule has 1 aliphatic heterocycles. The predicted octanol–water partition coefficient (Wildman–Crippen LogP) is 2.40. The summed E-state index contributed by atoms with van der Waals surface area (Å²) >= 11 is 0. The van der Waals surface area contributed by atoms with Gasteiger partial charge in [0.15, 0.2) is 0 Å². The third-order valence-corrected chi connectivity index (χ3v) is 4.48. The Kier molecular flexibility index (Phi) is 10.3. The fraction of sp³-hybridized carbons (Fsp3) is 0.207. The van der Waals surface area contributed by atoms with Crippen LogP contribution in [0.5, 0.6) is 0 Å². The van der Waals surface area contributed by atoms with E-state index in [0.717, 1.165) is 11.1 Å². The van der Waals surface area contributed by atoms with E-state index in [2.05, 4.69) is 93.2 Å². The molecule has 0 saturated heterocycles. The van der Waals surface area contributed by atoms with Crippen molar-refractivity contribution in [3.63, 3.8) is 0 Å². The molecule has 0 fully saturated rings. The number of aliphatic imine (C=N–C) groups is 1. The molecule has 2 rings (SSSR count). The van der Waals surface area contributed by atoms with Gasteiger partial charge in [-0.15, -0.1) is 0 Å². The highest BCUT2D eigenvalue weighted by molar-refractivity contribution is 5.98. The van der Waals surface area contributed by atoms with Crippen LogP contribution in [0.1, 0.15) is 36.6 Å². The molecule has 5 heteroatoms. The molecule has 0 saturated carbocycles. The Morgan fingerprint density at radius 2 is 1.53 bits per heavy atom. The first-order valence-corrected chi connectivity index (χ1v) is 10.0. The zero-order chi connectivity index (χ0) is 24.6. The van der Waals surface area contributed by atoms with Crippen molar-refractivity contribution in [2.75, 3.05) is 6.61 Å². The Labute approximate surface area is 200 Å². The van der Waals surface area contributed by atoms with Crippen molar-refractivity contribution >= 4 is 18.2 Å². The van der Waals surface area contributed by atoms with Crippen LogP contribution >= 0.6 is 0 Å². The lowest BCUT2D eigenvalue weighted by molar-refractivity contribution is -0.129. The van der Waals surface area contributed by atoms with E-state index in [0.29, 0.717) is 17.7 Å². The summed E-state index contributed by atoms with van der Waals surface area (Å²) in [5.41, 5.74) is 3.03. The third kappa shape index (κ3) is 7.78. The van der Waals surface area contributed by atoms with Gasteiger partial charge in [0.2, 0.25) is 0 Å². The third-order valence-electron chi connectivity index (χ3n) is 4.48. The summed E-state index contributed by atoms with van der Waals surface area (Å²) in [6.45, 7) is 5.82. The molecule has 1 aromatic rings. The van der Waals surface area contributed by atoms with E-state index in [1.54, 1.807) is 13.8 Å². The number of benzene rings is 1. The largest absolute Gasteiger partial charge is 0.467 e. The van der Waals surface area contributed by atoms with E-state index in [1.807, 2.05) is 25.1 Å². The second-order valence-corrected chi connectivity index (χ2v) is 6.63. The standard InChI is InChI=1S/C29H18N2O3/c1-4-5-6-7-8-9-10-11-12-13-14-15-16-19-25-20-17-18-23(2)27(25)28-26(21-34-22-32)24(3)30-29(33)31-28/h17-18,20,22,26,28H,21H2,1-3H3,(H,31,33). The van der Waals surface area contributed by atoms with Gasteiger partial charge in [0, 0.05) is 11.3 Å². The molecular weight excluding hydrogens is 424 g/mol. The zero-order valence-corrected chi connectivity index (χ0v) is 18.8. The van der Waals surface area contributed by atoms with Gasteiger partial charge < -0.3 is 10.1 Å². The topological polar surface area (TPSA) is 67.8 Å². The molecule has 2 amide bonds. The van der Waals surface area contributed by atoms with Crippen LogP contribution in [-0.2, 0) is 9.53 Å². The monoisotopic (exact) mass is 442 g/mol. The van der Waals surface area contributed by atoms with Crippen LogP contribution in [0.3, 0.4) is 0 Å². The van der Waals surface area contributed by atoms with Crippen LogP contribution in [0.4, 0.5) is 4.79 Å². The van der Waals surface area contributed by atoms with Crippen LogP contribution in [0.2, 0.25) is 0 Å². The second-order valence-electron chi connectivity index (χ2n) is 6.63. The Morgan fingerprint density at radius 1 is 0.941 bits per heavy atom. The van der Waals surface area contributed by atoms with Crippen LogP contribution in [-0.4, -0.2) is 24.8 Å². The molecule has 5 nitrogen and oxygen atoms in total. The van der Waals surface area contributed by atoms with Crippen LogP contribution < -0.4 is 5.32 Å². The molecule has 0 aromatic heterocycles. The summed E-state index contributed by atoms with van der Waals surface area (Å²) in [5.74, 6) is 36.3. The molecule has 1 aromatic carbocycles. The normalized spacial score (nSPS) is 14.6. The fourth-order valence-electron chi connectivity index (χ4n) is 3.06. The maximum Gasteiger partial charge on any atom is 0.341 e. The average Bonchev–Trinajstić information content (AvgIpc) is 2.81. The minimum atomic E-state index is -0.449. The van der Waals surface area contributed by atoms with Gasteiger partial charge in [-0.25, -0.2) is 9.79 Å². The van der Waals surface area contributed by atoms with Crippen molar-refractivity contribution < 1.29 is 14.3 Å². The summed E-state index contributed by atoms with van der Waals surface area (Å²) in [7, 11) is 0. The first-order valence-electron chi connectivity index (χ1n) is 10.0. The van der Waals surface area contributed by atoms with Crippen LogP contribution in [0.15, 0.2) is 23.2 Å². The molecule has 2 atom stereocenters. The number of aryl methyl sites for hydroxylation is 1. The molecular formula is C29H18N2O3. The highest BCUT2D eigenvalue weighted by Crippen LogP contribution is 2.31. The molecule has 0 bridgehead atoms. The lowest BCUT2D eigenvalue weighted by Crippen LogP contribution is -2.42. The minimum absolute atomic E-state index is 0.0885. The number of nitrogens with one attached hydrogen (secondary N) is 1. The second kappa shape index (κ2) is 13.9. The van der Waals surface area contributed by atoms with Gasteiger partial charge in [-0.05, 0) is 109 Å². The van der Waals surface area contributed by atoms with Crippen LogP contribution in [0, 0.1) is 95.7 Å².